The van der Waals surface area contributed by atoms with E-state index in [2.05, 4.69) is 0 Å². The molecule has 0 aromatic heterocycles. The largest absolute Gasteiger partial charge is 0.303 e. The lowest BCUT2D eigenvalue weighted by atomic mass is 10.4. The van der Waals surface area contributed by atoms with Crippen LogP contribution in [0.25, 0.3) is 0 Å². The number of aldehydes is 1. The third-order valence-corrected chi connectivity index (χ3v) is 0.750. The van der Waals surface area contributed by atoms with Gasteiger partial charge in [0.1, 0.15) is 10.6 Å². The molecule has 0 saturated carbocycles. The van der Waals surface area contributed by atoms with Gasteiger partial charge >= 0.3 is 0 Å². The highest BCUT2D eigenvalue weighted by Gasteiger charge is 2.13. The van der Waals surface area contributed by atoms with Crippen molar-refractivity contribution in [1.82, 2.24) is 0 Å². The molecule has 0 N–H and O–H groups in total. The zero-order valence-corrected chi connectivity index (χ0v) is 5.46. The molecule has 0 amide bonds. The zero-order valence-electron chi connectivity index (χ0n) is 3.95. The van der Waals surface area contributed by atoms with Gasteiger partial charge in [-0.2, -0.15) is 0 Å². The average molecular weight is 141 g/mol. The van der Waals surface area contributed by atoms with Crippen LogP contribution in [0.15, 0.2) is 0 Å². The molecule has 42 valence electrons. The Morgan fingerprint density at radius 2 is 2.14 bits per heavy atom. The van der Waals surface area contributed by atoms with Crippen molar-refractivity contribution in [3.05, 3.63) is 0 Å². The lowest BCUT2D eigenvalue weighted by Gasteiger charge is -2.05. The first-order chi connectivity index (χ1) is 3.06. The molecule has 0 heterocycles. The minimum Gasteiger partial charge on any atom is -0.303 e. The van der Waals surface area contributed by atoms with Crippen LogP contribution in [0.2, 0.25) is 0 Å². The van der Waals surface area contributed by atoms with Gasteiger partial charge in [0.2, 0.25) is 0 Å². The minimum atomic E-state index is -0.873. The summed E-state index contributed by atoms with van der Waals surface area (Å²) >= 11 is 10.7. The number of alkyl halides is 2. The van der Waals surface area contributed by atoms with E-state index >= 15 is 0 Å². The summed E-state index contributed by atoms with van der Waals surface area (Å²) in [5.41, 5.74) is 0. The van der Waals surface area contributed by atoms with Gasteiger partial charge in [-0.05, 0) is 6.92 Å². The van der Waals surface area contributed by atoms with E-state index in [9.17, 15) is 4.79 Å². The van der Waals surface area contributed by atoms with Crippen molar-refractivity contribution >= 4 is 29.5 Å². The summed E-state index contributed by atoms with van der Waals surface area (Å²) in [5, 5.41) is 0. The first kappa shape index (κ1) is 7.25. The Balaban J connectivity index is 3.34. The standard InChI is InChI=1S/C4H6Cl2O/c1-4(5,6)2-3-7/h3H,2H2,1H3. The lowest BCUT2D eigenvalue weighted by Crippen LogP contribution is -2.05. The van der Waals surface area contributed by atoms with Gasteiger partial charge in [-0.3, -0.25) is 0 Å². The fourth-order valence-corrected chi connectivity index (χ4v) is 0.272. The summed E-state index contributed by atoms with van der Waals surface area (Å²) in [6.45, 7) is 1.57. The second-order valence-corrected chi connectivity index (χ2v) is 3.30. The van der Waals surface area contributed by atoms with Gasteiger partial charge in [0.05, 0.1) is 0 Å². The van der Waals surface area contributed by atoms with Gasteiger partial charge in [-0.15, -0.1) is 23.2 Å². The molecule has 0 aliphatic carbocycles. The van der Waals surface area contributed by atoms with E-state index in [0.29, 0.717) is 6.29 Å². The van der Waals surface area contributed by atoms with Crippen LogP contribution in [0.5, 0.6) is 0 Å². The lowest BCUT2D eigenvalue weighted by molar-refractivity contribution is -0.107. The molecular weight excluding hydrogens is 135 g/mol. The minimum absolute atomic E-state index is 0.191. The number of rotatable bonds is 2. The van der Waals surface area contributed by atoms with E-state index in [1.807, 2.05) is 0 Å². The van der Waals surface area contributed by atoms with Crippen LogP contribution >= 0.6 is 23.2 Å². The Kier molecular flexibility index (Phi) is 2.62. The highest BCUT2D eigenvalue weighted by Crippen LogP contribution is 2.21. The molecule has 0 rings (SSSR count). The molecule has 0 radical (unpaired) electrons. The monoisotopic (exact) mass is 140 g/mol. The number of hydrogen-bond donors (Lipinski definition) is 0. The van der Waals surface area contributed by atoms with Crippen LogP contribution in [-0.4, -0.2) is 10.6 Å². The van der Waals surface area contributed by atoms with E-state index in [4.69, 9.17) is 23.2 Å². The molecule has 0 saturated heterocycles. The highest BCUT2D eigenvalue weighted by atomic mass is 35.5. The molecule has 0 aromatic rings. The number of halogens is 2. The molecule has 0 atom stereocenters. The Bertz CT molecular complexity index is 64.6. The molecule has 3 heteroatoms. The summed E-state index contributed by atoms with van der Waals surface area (Å²) in [4.78, 5) is 9.65. The predicted octanol–water partition coefficient (Wildman–Crippen LogP) is 1.77. The second-order valence-electron chi connectivity index (χ2n) is 1.44. The molecule has 0 bridgehead atoms. The van der Waals surface area contributed by atoms with Crippen molar-refractivity contribution in [2.75, 3.05) is 0 Å². The van der Waals surface area contributed by atoms with Crippen molar-refractivity contribution < 1.29 is 4.79 Å². The summed E-state index contributed by atoms with van der Waals surface area (Å²) in [6, 6.07) is 0. The quantitative estimate of drug-likeness (QED) is 0.423. The molecule has 0 fully saturated rings. The Morgan fingerprint density at radius 3 is 2.14 bits per heavy atom. The number of hydrogen-bond acceptors (Lipinski definition) is 1. The number of carbonyl (C=O) groups excluding carboxylic acids is 1. The van der Waals surface area contributed by atoms with Crippen LogP contribution in [-0.2, 0) is 4.79 Å². The van der Waals surface area contributed by atoms with E-state index in [0.717, 1.165) is 0 Å². The average Bonchev–Trinajstić information content (AvgIpc) is 1.30. The molecule has 0 aliphatic rings. The van der Waals surface area contributed by atoms with Gasteiger partial charge in [0.15, 0.2) is 0 Å². The molecule has 7 heavy (non-hydrogen) atoms. The second kappa shape index (κ2) is 2.53. The van der Waals surface area contributed by atoms with Gasteiger partial charge in [-0.1, -0.05) is 0 Å². The van der Waals surface area contributed by atoms with Gasteiger partial charge in [0, 0.05) is 6.42 Å². The molecule has 0 aliphatic heterocycles. The van der Waals surface area contributed by atoms with E-state index < -0.39 is 4.33 Å². The third kappa shape index (κ3) is 6.25. The van der Waals surface area contributed by atoms with Crippen molar-refractivity contribution in [2.45, 2.75) is 17.7 Å². The topological polar surface area (TPSA) is 17.1 Å². The SMILES string of the molecule is CC(Cl)(Cl)CC=O. The van der Waals surface area contributed by atoms with Gasteiger partial charge < -0.3 is 4.79 Å². The first-order valence-electron chi connectivity index (χ1n) is 1.88. The van der Waals surface area contributed by atoms with Crippen molar-refractivity contribution in [2.24, 2.45) is 0 Å². The van der Waals surface area contributed by atoms with E-state index in [1.54, 1.807) is 6.92 Å². The van der Waals surface area contributed by atoms with Crippen LogP contribution < -0.4 is 0 Å². The highest BCUT2D eigenvalue weighted by molar-refractivity contribution is 6.48. The first-order valence-corrected chi connectivity index (χ1v) is 2.63. The third-order valence-electron chi connectivity index (χ3n) is 0.442. The molecule has 0 spiro atoms. The summed E-state index contributed by atoms with van der Waals surface area (Å²) in [5.74, 6) is 0. The fourth-order valence-electron chi connectivity index (χ4n) is 0.146. The van der Waals surface area contributed by atoms with Crippen LogP contribution in [0.1, 0.15) is 13.3 Å². The normalized spacial score (nSPS) is 11.3. The smallest absolute Gasteiger partial charge is 0.122 e. The Hall–Kier alpha value is 0.250. The molecule has 0 unspecified atom stereocenters. The van der Waals surface area contributed by atoms with Crippen LogP contribution in [0.3, 0.4) is 0 Å². The zero-order chi connectivity index (χ0) is 5.91. The molecular formula is C4H6Cl2O. The maximum atomic E-state index is 9.65. The number of carbonyl (C=O) groups is 1. The van der Waals surface area contributed by atoms with Crippen LogP contribution in [0.4, 0.5) is 0 Å². The van der Waals surface area contributed by atoms with E-state index in [-0.39, 0.29) is 6.42 Å². The predicted molar refractivity (Wildman–Crippen MR) is 30.8 cm³/mol. The Morgan fingerprint density at radius 1 is 1.71 bits per heavy atom. The van der Waals surface area contributed by atoms with Crippen molar-refractivity contribution in [3.8, 4) is 0 Å². The summed E-state index contributed by atoms with van der Waals surface area (Å²) in [6.07, 6.45) is 0.885. The molecule has 0 aromatic carbocycles. The summed E-state index contributed by atoms with van der Waals surface area (Å²) < 4.78 is -0.873. The molecule has 1 nitrogen and oxygen atoms in total. The van der Waals surface area contributed by atoms with E-state index in [1.165, 1.54) is 0 Å². The summed E-state index contributed by atoms with van der Waals surface area (Å²) in [7, 11) is 0. The van der Waals surface area contributed by atoms with Gasteiger partial charge in [-0.25, -0.2) is 0 Å². The van der Waals surface area contributed by atoms with Crippen molar-refractivity contribution in [1.29, 1.82) is 0 Å². The Labute approximate surface area is 52.6 Å². The fraction of sp³-hybridized carbons (Fsp3) is 0.750. The van der Waals surface area contributed by atoms with Crippen LogP contribution in [0, 0.1) is 0 Å². The van der Waals surface area contributed by atoms with Gasteiger partial charge in [0.25, 0.3) is 0 Å². The van der Waals surface area contributed by atoms with Crippen molar-refractivity contribution in [3.63, 3.8) is 0 Å². The maximum Gasteiger partial charge on any atom is 0.122 e. The maximum absolute atomic E-state index is 9.65.